The Morgan fingerprint density at radius 1 is 0.828 bits per heavy atom. The first-order valence-corrected chi connectivity index (χ1v) is 10.1. The molecule has 0 bridgehead atoms. The largest absolute Gasteiger partial charge is 0.350 e. The highest BCUT2D eigenvalue weighted by Crippen LogP contribution is 2.23. The van der Waals surface area contributed by atoms with Crippen LogP contribution in [-0.4, -0.2) is 20.9 Å². The summed E-state index contributed by atoms with van der Waals surface area (Å²) in [6, 6.07) is 18.2. The molecule has 0 aliphatic rings. The Kier molecular flexibility index (Phi) is 6.23. The number of carbonyl (C=O) groups excluding carboxylic acids is 1. The number of para-hydroxylation sites is 1. The first-order chi connectivity index (χ1) is 13.9. The average molecular weight is 416 g/mol. The van der Waals surface area contributed by atoms with Gasteiger partial charge in [0.1, 0.15) is 18.2 Å². The first kappa shape index (κ1) is 20.5. The summed E-state index contributed by atoms with van der Waals surface area (Å²) in [5.41, 5.74) is 0.973. The van der Waals surface area contributed by atoms with E-state index < -0.39 is 28.3 Å². The molecule has 29 heavy (non-hydrogen) atoms. The number of nitrogens with one attached hydrogen (secondary N) is 1. The second-order valence-electron chi connectivity index (χ2n) is 6.20. The highest BCUT2D eigenvalue weighted by molar-refractivity contribution is 7.92. The number of sulfonamides is 1. The number of amides is 1. The van der Waals surface area contributed by atoms with Gasteiger partial charge in [-0.15, -0.1) is 0 Å². The lowest BCUT2D eigenvalue weighted by Gasteiger charge is -2.24. The molecule has 0 spiro atoms. The minimum atomic E-state index is -4.10. The zero-order valence-corrected chi connectivity index (χ0v) is 16.1. The highest BCUT2D eigenvalue weighted by Gasteiger charge is 2.27. The highest BCUT2D eigenvalue weighted by atomic mass is 32.2. The molecule has 3 aromatic rings. The third-order valence-electron chi connectivity index (χ3n) is 4.14. The van der Waals surface area contributed by atoms with Gasteiger partial charge < -0.3 is 5.32 Å². The first-order valence-electron chi connectivity index (χ1n) is 8.71. The summed E-state index contributed by atoms with van der Waals surface area (Å²) in [7, 11) is -4.10. The summed E-state index contributed by atoms with van der Waals surface area (Å²) >= 11 is 0. The number of benzene rings is 3. The lowest BCUT2D eigenvalue weighted by atomic mass is 10.2. The van der Waals surface area contributed by atoms with Crippen LogP contribution in [0.5, 0.6) is 0 Å². The van der Waals surface area contributed by atoms with Gasteiger partial charge in [-0.25, -0.2) is 17.2 Å². The van der Waals surface area contributed by atoms with Crippen LogP contribution in [0.25, 0.3) is 0 Å². The van der Waals surface area contributed by atoms with Gasteiger partial charge in [-0.1, -0.05) is 30.3 Å². The minimum absolute atomic E-state index is 0.123. The standard InChI is InChI=1S/C21H18F2N2O3S/c22-17-8-6-16(7-9-17)14-24-21(26)15-25(19-4-2-1-3-5-19)29(27,28)20-12-10-18(23)11-13-20/h1-13H,14-15H2,(H,24,26). The predicted octanol–water partition coefficient (Wildman–Crippen LogP) is 3.48. The van der Waals surface area contributed by atoms with E-state index in [1.165, 1.54) is 24.3 Å². The molecule has 5 nitrogen and oxygen atoms in total. The van der Waals surface area contributed by atoms with Crippen molar-refractivity contribution in [3.8, 4) is 0 Å². The molecule has 1 N–H and O–H groups in total. The van der Waals surface area contributed by atoms with Crippen LogP contribution in [0.2, 0.25) is 0 Å². The van der Waals surface area contributed by atoms with Gasteiger partial charge in [0.05, 0.1) is 10.6 Å². The molecule has 0 fully saturated rings. The lowest BCUT2D eigenvalue weighted by Crippen LogP contribution is -2.40. The van der Waals surface area contributed by atoms with Crippen molar-refractivity contribution >= 4 is 21.6 Å². The summed E-state index contributed by atoms with van der Waals surface area (Å²) in [5.74, 6) is -1.49. The quantitative estimate of drug-likeness (QED) is 0.641. The molecular weight excluding hydrogens is 398 g/mol. The number of hydrogen-bond donors (Lipinski definition) is 1. The maximum absolute atomic E-state index is 13.2. The lowest BCUT2D eigenvalue weighted by molar-refractivity contribution is -0.119. The van der Waals surface area contributed by atoms with Crippen LogP contribution in [0.4, 0.5) is 14.5 Å². The SMILES string of the molecule is O=C(CN(c1ccccc1)S(=O)(=O)c1ccc(F)cc1)NCc1ccc(F)cc1. The summed E-state index contributed by atoms with van der Waals surface area (Å²) < 4.78 is 53.3. The van der Waals surface area contributed by atoms with Crippen LogP contribution in [0.1, 0.15) is 5.56 Å². The van der Waals surface area contributed by atoms with Gasteiger partial charge in [0.15, 0.2) is 0 Å². The number of halogens is 2. The van der Waals surface area contributed by atoms with E-state index in [0.29, 0.717) is 11.3 Å². The van der Waals surface area contributed by atoms with Crippen LogP contribution < -0.4 is 9.62 Å². The number of hydrogen-bond acceptors (Lipinski definition) is 3. The van der Waals surface area contributed by atoms with E-state index in [-0.39, 0.29) is 17.3 Å². The number of anilines is 1. The van der Waals surface area contributed by atoms with E-state index in [1.54, 1.807) is 30.3 Å². The Balaban J connectivity index is 1.81. The maximum Gasteiger partial charge on any atom is 0.264 e. The van der Waals surface area contributed by atoms with Crippen molar-refractivity contribution in [2.75, 3.05) is 10.8 Å². The van der Waals surface area contributed by atoms with Crippen molar-refractivity contribution in [2.24, 2.45) is 0 Å². The number of rotatable bonds is 7. The molecule has 0 unspecified atom stereocenters. The van der Waals surface area contributed by atoms with E-state index in [4.69, 9.17) is 0 Å². The van der Waals surface area contributed by atoms with Crippen LogP contribution in [0.3, 0.4) is 0 Å². The second kappa shape index (κ2) is 8.83. The molecule has 3 aromatic carbocycles. The summed E-state index contributed by atoms with van der Waals surface area (Å²) in [6.07, 6.45) is 0. The number of nitrogens with zero attached hydrogens (tertiary/aromatic N) is 1. The Morgan fingerprint density at radius 3 is 1.97 bits per heavy atom. The van der Waals surface area contributed by atoms with Gasteiger partial charge in [0, 0.05) is 6.54 Å². The molecule has 0 heterocycles. The molecule has 0 saturated carbocycles. The topological polar surface area (TPSA) is 66.5 Å². The molecule has 3 rings (SSSR count). The fourth-order valence-corrected chi connectivity index (χ4v) is 4.05. The van der Waals surface area contributed by atoms with Crippen LogP contribution in [0, 0.1) is 11.6 Å². The smallest absolute Gasteiger partial charge is 0.264 e. The molecular formula is C21H18F2N2O3S. The van der Waals surface area contributed by atoms with E-state index in [9.17, 15) is 22.0 Å². The Morgan fingerprint density at radius 2 is 1.38 bits per heavy atom. The summed E-state index contributed by atoms with van der Waals surface area (Å²) in [6.45, 7) is -0.344. The van der Waals surface area contributed by atoms with Gasteiger partial charge in [-0.05, 0) is 54.1 Å². The average Bonchev–Trinajstić information content (AvgIpc) is 2.72. The molecule has 8 heteroatoms. The third kappa shape index (κ3) is 5.17. The zero-order chi connectivity index (χ0) is 20.9. The Labute approximate surface area is 167 Å². The van der Waals surface area contributed by atoms with E-state index >= 15 is 0 Å². The van der Waals surface area contributed by atoms with Gasteiger partial charge in [-0.2, -0.15) is 0 Å². The Hall–Kier alpha value is -3.26. The van der Waals surface area contributed by atoms with Crippen molar-refractivity contribution < 1.29 is 22.0 Å². The van der Waals surface area contributed by atoms with E-state index in [0.717, 1.165) is 28.6 Å². The predicted molar refractivity (Wildman–Crippen MR) is 106 cm³/mol. The molecule has 150 valence electrons. The van der Waals surface area contributed by atoms with Crippen LogP contribution >= 0.6 is 0 Å². The fourth-order valence-electron chi connectivity index (χ4n) is 2.63. The van der Waals surface area contributed by atoms with E-state index in [2.05, 4.69) is 5.32 Å². The molecule has 0 saturated heterocycles. The molecule has 0 atom stereocenters. The molecule has 0 radical (unpaired) electrons. The van der Waals surface area contributed by atoms with E-state index in [1.807, 2.05) is 0 Å². The van der Waals surface area contributed by atoms with Gasteiger partial charge >= 0.3 is 0 Å². The van der Waals surface area contributed by atoms with Crippen molar-refractivity contribution in [2.45, 2.75) is 11.4 Å². The minimum Gasteiger partial charge on any atom is -0.350 e. The van der Waals surface area contributed by atoms with Gasteiger partial charge in [0.2, 0.25) is 5.91 Å². The fraction of sp³-hybridized carbons (Fsp3) is 0.0952. The van der Waals surface area contributed by atoms with Crippen molar-refractivity contribution in [3.05, 3.63) is 96.1 Å². The van der Waals surface area contributed by atoms with Crippen molar-refractivity contribution in [3.63, 3.8) is 0 Å². The molecule has 0 aromatic heterocycles. The normalized spacial score (nSPS) is 11.1. The summed E-state index contributed by atoms with van der Waals surface area (Å²) in [4.78, 5) is 12.3. The third-order valence-corrected chi connectivity index (χ3v) is 5.92. The van der Waals surface area contributed by atoms with Gasteiger partial charge in [-0.3, -0.25) is 9.10 Å². The number of carbonyl (C=O) groups is 1. The summed E-state index contributed by atoms with van der Waals surface area (Å²) in [5, 5.41) is 2.62. The zero-order valence-electron chi connectivity index (χ0n) is 15.3. The Bertz CT molecular complexity index is 1070. The monoisotopic (exact) mass is 416 g/mol. The molecule has 0 aliphatic heterocycles. The van der Waals surface area contributed by atoms with Crippen molar-refractivity contribution in [1.29, 1.82) is 0 Å². The molecule has 0 aliphatic carbocycles. The second-order valence-corrected chi connectivity index (χ2v) is 8.07. The van der Waals surface area contributed by atoms with Crippen LogP contribution in [0.15, 0.2) is 83.8 Å². The van der Waals surface area contributed by atoms with Crippen LogP contribution in [-0.2, 0) is 21.4 Å². The van der Waals surface area contributed by atoms with Crippen molar-refractivity contribution in [1.82, 2.24) is 5.32 Å². The molecule has 1 amide bonds. The maximum atomic E-state index is 13.2. The van der Waals surface area contributed by atoms with Gasteiger partial charge in [0.25, 0.3) is 10.0 Å².